The molecule has 1 fully saturated rings. The number of nitrogens with one attached hydrogen (secondary N) is 1. The highest BCUT2D eigenvalue weighted by molar-refractivity contribution is 7.89. The number of nitrogens with two attached hydrogens (primary N) is 1. The molecule has 2 aromatic carbocycles. The van der Waals surface area contributed by atoms with Gasteiger partial charge in [0.25, 0.3) is 0 Å². The number of hydrogen-bond donors (Lipinski definition) is 2. The van der Waals surface area contributed by atoms with E-state index in [0.717, 1.165) is 17.5 Å². The second-order valence-electron chi connectivity index (χ2n) is 6.23. The van der Waals surface area contributed by atoms with Crippen LogP contribution in [0.2, 0.25) is 0 Å². The number of halogens is 1. The van der Waals surface area contributed by atoms with E-state index >= 15 is 0 Å². The van der Waals surface area contributed by atoms with Gasteiger partial charge in [-0.25, -0.2) is 17.9 Å². The van der Waals surface area contributed by atoms with Crippen LogP contribution in [-0.4, -0.2) is 20.9 Å². The minimum absolute atomic E-state index is 0.00418. The Morgan fingerprint density at radius 2 is 1.76 bits per heavy atom. The van der Waals surface area contributed by atoms with E-state index in [1.807, 2.05) is 0 Å². The molecule has 1 aliphatic rings. The molecule has 7 heteroatoms. The molecule has 0 radical (unpaired) electrons. The molecule has 25 heavy (non-hydrogen) atoms. The summed E-state index contributed by atoms with van der Waals surface area (Å²) in [5.41, 5.74) is 1.90. The van der Waals surface area contributed by atoms with Crippen molar-refractivity contribution in [2.45, 2.75) is 23.7 Å². The number of amides is 1. The van der Waals surface area contributed by atoms with Gasteiger partial charge in [0.1, 0.15) is 5.82 Å². The predicted molar refractivity (Wildman–Crippen MR) is 91.8 cm³/mol. The van der Waals surface area contributed by atoms with Crippen molar-refractivity contribution in [1.29, 1.82) is 0 Å². The van der Waals surface area contributed by atoms with Crippen molar-refractivity contribution in [2.24, 2.45) is 11.1 Å². The van der Waals surface area contributed by atoms with Crippen LogP contribution in [0.25, 0.3) is 0 Å². The number of rotatable bonds is 6. The summed E-state index contributed by atoms with van der Waals surface area (Å²) in [6.07, 6.45) is 1.38. The molecule has 2 aromatic rings. The summed E-state index contributed by atoms with van der Waals surface area (Å²) in [6.45, 7) is 0.472. The summed E-state index contributed by atoms with van der Waals surface area (Å²) in [5, 5.41) is 7.94. The predicted octanol–water partition coefficient (Wildman–Crippen LogP) is 1.94. The maximum absolute atomic E-state index is 12.9. The molecule has 5 nitrogen and oxygen atoms in total. The lowest BCUT2D eigenvalue weighted by Crippen LogP contribution is -2.27. The van der Waals surface area contributed by atoms with Gasteiger partial charge in [-0.3, -0.25) is 4.79 Å². The number of carbonyl (C=O) groups is 1. The van der Waals surface area contributed by atoms with E-state index < -0.39 is 10.0 Å². The summed E-state index contributed by atoms with van der Waals surface area (Å²) in [5.74, 6) is -0.181. The monoisotopic (exact) mass is 362 g/mol. The van der Waals surface area contributed by atoms with Crippen LogP contribution in [0.3, 0.4) is 0 Å². The van der Waals surface area contributed by atoms with E-state index in [1.165, 1.54) is 24.3 Å². The van der Waals surface area contributed by atoms with Gasteiger partial charge in [0.15, 0.2) is 0 Å². The lowest BCUT2D eigenvalue weighted by Gasteiger charge is -2.06. The minimum atomic E-state index is -3.68. The molecule has 1 amide bonds. The van der Waals surface area contributed by atoms with Crippen LogP contribution in [-0.2, 0) is 21.2 Å². The maximum atomic E-state index is 12.9. The Balaban J connectivity index is 1.46. The smallest absolute Gasteiger partial charge is 0.238 e. The van der Waals surface area contributed by atoms with Crippen molar-refractivity contribution < 1.29 is 17.6 Å². The van der Waals surface area contributed by atoms with E-state index in [9.17, 15) is 17.6 Å². The van der Waals surface area contributed by atoms with Gasteiger partial charge in [0.2, 0.25) is 15.9 Å². The average molecular weight is 362 g/mol. The zero-order chi connectivity index (χ0) is 18.0. The molecule has 3 N–H and O–H groups in total. The third-order valence-electron chi connectivity index (χ3n) is 4.39. The van der Waals surface area contributed by atoms with Gasteiger partial charge < -0.3 is 5.32 Å². The van der Waals surface area contributed by atoms with Gasteiger partial charge in [-0.15, -0.1) is 0 Å². The average Bonchev–Trinajstić information content (AvgIpc) is 3.36. The summed E-state index contributed by atoms with van der Waals surface area (Å²) < 4.78 is 35.3. The second kappa shape index (κ2) is 6.93. The molecular weight excluding hydrogens is 343 g/mol. The molecule has 0 bridgehead atoms. The minimum Gasteiger partial charge on any atom is -0.356 e. The molecular formula is C18H19FN2O3S. The van der Waals surface area contributed by atoms with Gasteiger partial charge in [-0.1, -0.05) is 24.3 Å². The van der Waals surface area contributed by atoms with Crippen molar-refractivity contribution in [1.82, 2.24) is 5.32 Å². The zero-order valence-electron chi connectivity index (χ0n) is 13.5. The standard InChI is InChI=1S/C18H19FN2O3S/c19-14-5-3-13(4-6-14)16-11-17(16)18(22)21-10-9-12-1-7-15(8-2-12)25(20,23)24/h1-8,16-17H,9-11H2,(H,21,22)(H2,20,23,24). The number of benzene rings is 2. The van der Waals surface area contributed by atoms with E-state index in [0.29, 0.717) is 13.0 Å². The van der Waals surface area contributed by atoms with Gasteiger partial charge in [0, 0.05) is 12.5 Å². The lowest BCUT2D eigenvalue weighted by molar-refractivity contribution is -0.122. The molecule has 2 atom stereocenters. The Hall–Kier alpha value is -2.25. The number of sulfonamides is 1. The summed E-state index contributed by atoms with van der Waals surface area (Å²) in [4.78, 5) is 12.2. The maximum Gasteiger partial charge on any atom is 0.238 e. The zero-order valence-corrected chi connectivity index (χ0v) is 14.3. The molecule has 2 unspecified atom stereocenters. The molecule has 0 heterocycles. The SMILES string of the molecule is NS(=O)(=O)c1ccc(CCNC(=O)C2CC2c2ccc(F)cc2)cc1. The Bertz CT molecular complexity index is 864. The van der Waals surface area contributed by atoms with Gasteiger partial charge >= 0.3 is 0 Å². The summed E-state index contributed by atoms with van der Waals surface area (Å²) >= 11 is 0. The fourth-order valence-corrected chi connectivity index (χ4v) is 3.39. The van der Waals surface area contributed by atoms with E-state index in [1.54, 1.807) is 24.3 Å². The molecule has 132 valence electrons. The molecule has 1 saturated carbocycles. The van der Waals surface area contributed by atoms with Crippen LogP contribution in [0, 0.1) is 11.7 Å². The van der Waals surface area contributed by atoms with Crippen molar-refractivity contribution in [3.05, 3.63) is 65.5 Å². The second-order valence-corrected chi connectivity index (χ2v) is 7.79. The van der Waals surface area contributed by atoms with Crippen molar-refractivity contribution in [3.63, 3.8) is 0 Å². The quantitative estimate of drug-likeness (QED) is 0.823. The topological polar surface area (TPSA) is 89.3 Å². The summed E-state index contributed by atoms with van der Waals surface area (Å²) in [7, 11) is -3.68. The third-order valence-corrected chi connectivity index (χ3v) is 5.32. The van der Waals surface area contributed by atoms with Gasteiger partial charge in [-0.05, 0) is 54.2 Å². The first-order chi connectivity index (χ1) is 11.8. The molecule has 3 rings (SSSR count). The van der Waals surface area contributed by atoms with Crippen LogP contribution in [0.1, 0.15) is 23.5 Å². The van der Waals surface area contributed by atoms with Crippen LogP contribution in [0.5, 0.6) is 0 Å². The first-order valence-corrected chi connectivity index (χ1v) is 9.54. The molecule has 1 aliphatic carbocycles. The number of primary sulfonamides is 1. The summed E-state index contributed by atoms with van der Waals surface area (Å²) in [6, 6.07) is 12.5. The molecule has 0 aliphatic heterocycles. The highest BCUT2D eigenvalue weighted by Gasteiger charge is 2.43. The van der Waals surface area contributed by atoms with Crippen molar-refractivity contribution in [2.75, 3.05) is 6.54 Å². The lowest BCUT2D eigenvalue weighted by atomic mass is 10.1. The van der Waals surface area contributed by atoms with Gasteiger partial charge in [0.05, 0.1) is 4.90 Å². The molecule has 0 saturated heterocycles. The van der Waals surface area contributed by atoms with Crippen molar-refractivity contribution >= 4 is 15.9 Å². The first kappa shape index (κ1) is 17.6. The van der Waals surface area contributed by atoms with Crippen LogP contribution in [0.4, 0.5) is 4.39 Å². The normalized spacial score (nSPS) is 19.4. The van der Waals surface area contributed by atoms with Crippen molar-refractivity contribution in [3.8, 4) is 0 Å². The van der Waals surface area contributed by atoms with Crippen LogP contribution >= 0.6 is 0 Å². The number of hydrogen-bond acceptors (Lipinski definition) is 3. The largest absolute Gasteiger partial charge is 0.356 e. The Labute approximate surface area is 146 Å². The third kappa shape index (κ3) is 4.43. The van der Waals surface area contributed by atoms with E-state index in [2.05, 4.69) is 5.32 Å². The fraction of sp³-hybridized carbons (Fsp3) is 0.278. The first-order valence-electron chi connectivity index (χ1n) is 7.99. The molecule has 0 spiro atoms. The Morgan fingerprint density at radius 1 is 1.12 bits per heavy atom. The highest BCUT2D eigenvalue weighted by Crippen LogP contribution is 2.47. The van der Waals surface area contributed by atoms with E-state index in [-0.39, 0.29) is 28.5 Å². The van der Waals surface area contributed by atoms with Gasteiger partial charge in [-0.2, -0.15) is 0 Å². The Morgan fingerprint density at radius 3 is 2.36 bits per heavy atom. The van der Waals surface area contributed by atoms with Crippen LogP contribution in [0.15, 0.2) is 53.4 Å². The van der Waals surface area contributed by atoms with Crippen LogP contribution < -0.4 is 10.5 Å². The fourth-order valence-electron chi connectivity index (χ4n) is 2.87. The Kier molecular flexibility index (Phi) is 4.87. The highest BCUT2D eigenvalue weighted by atomic mass is 32.2. The molecule has 0 aromatic heterocycles. The number of carbonyl (C=O) groups excluding carboxylic acids is 1. The van der Waals surface area contributed by atoms with E-state index in [4.69, 9.17) is 5.14 Å².